The van der Waals surface area contributed by atoms with Crippen molar-refractivity contribution < 1.29 is 5.11 Å². The summed E-state index contributed by atoms with van der Waals surface area (Å²) >= 11 is 0. The van der Waals surface area contributed by atoms with E-state index in [1.165, 1.54) is 0 Å². The predicted octanol–water partition coefficient (Wildman–Crippen LogP) is 1.05. The molecule has 2 N–H and O–H groups in total. The highest BCUT2D eigenvalue weighted by Crippen LogP contribution is 2.24. The maximum atomic E-state index is 9.66. The number of likely N-dealkylation sites (N-methyl/N-ethyl adjacent to an activating group) is 1. The second-order valence-electron chi connectivity index (χ2n) is 4.41. The topological polar surface area (TPSA) is 35.5 Å². The molecule has 0 heterocycles. The molecule has 1 aromatic carbocycles. The van der Waals surface area contributed by atoms with Crippen molar-refractivity contribution in [1.82, 2.24) is 10.2 Å². The minimum atomic E-state index is -0.328. The Morgan fingerprint density at radius 3 is 2.31 bits per heavy atom. The van der Waals surface area contributed by atoms with Crippen LogP contribution in [0.4, 0.5) is 0 Å². The van der Waals surface area contributed by atoms with E-state index in [1.807, 2.05) is 39.3 Å². The third kappa shape index (κ3) is 3.04. The fourth-order valence-corrected chi connectivity index (χ4v) is 1.83. The van der Waals surface area contributed by atoms with E-state index in [2.05, 4.69) is 22.3 Å². The molecule has 0 radical (unpaired) electrons. The molecule has 1 rings (SSSR count). The van der Waals surface area contributed by atoms with Crippen molar-refractivity contribution in [2.45, 2.75) is 12.0 Å². The van der Waals surface area contributed by atoms with E-state index < -0.39 is 0 Å². The molecule has 0 aromatic heterocycles. The average Bonchev–Trinajstić information content (AvgIpc) is 2.32. The molecule has 16 heavy (non-hydrogen) atoms. The number of aliphatic hydroxyl groups excluding tert-OH is 1. The maximum Gasteiger partial charge on any atom is 0.0678 e. The number of rotatable bonds is 6. The molecule has 0 spiro atoms. The van der Waals surface area contributed by atoms with E-state index in [-0.39, 0.29) is 12.1 Å². The normalized spacial score (nSPS) is 15.1. The molecule has 0 amide bonds. The average molecular weight is 222 g/mol. The SMILES string of the molecule is CNC(CO)(CCN(C)C)c1ccccc1. The van der Waals surface area contributed by atoms with Crippen molar-refractivity contribution in [1.29, 1.82) is 0 Å². The Kier molecular flexibility index (Phi) is 4.93. The fraction of sp³-hybridized carbons (Fsp3) is 0.538. The summed E-state index contributed by atoms with van der Waals surface area (Å²) in [5.41, 5.74) is 0.813. The Labute approximate surface area is 98.1 Å². The fourth-order valence-electron chi connectivity index (χ4n) is 1.83. The van der Waals surface area contributed by atoms with E-state index >= 15 is 0 Å². The number of benzene rings is 1. The summed E-state index contributed by atoms with van der Waals surface area (Å²) < 4.78 is 0. The Bertz CT molecular complexity index is 294. The Hall–Kier alpha value is -0.900. The number of nitrogens with one attached hydrogen (secondary N) is 1. The lowest BCUT2D eigenvalue weighted by atomic mass is 9.87. The van der Waals surface area contributed by atoms with Gasteiger partial charge in [-0.3, -0.25) is 0 Å². The lowest BCUT2D eigenvalue weighted by Gasteiger charge is -2.33. The van der Waals surface area contributed by atoms with Crippen LogP contribution in [-0.2, 0) is 5.54 Å². The number of nitrogens with zero attached hydrogens (tertiary/aromatic N) is 1. The molecule has 3 heteroatoms. The van der Waals surface area contributed by atoms with Crippen LogP contribution in [0.5, 0.6) is 0 Å². The van der Waals surface area contributed by atoms with E-state index in [1.54, 1.807) is 0 Å². The maximum absolute atomic E-state index is 9.66. The van der Waals surface area contributed by atoms with Crippen LogP contribution in [-0.4, -0.2) is 44.3 Å². The van der Waals surface area contributed by atoms with Gasteiger partial charge in [0.05, 0.1) is 12.1 Å². The third-order valence-corrected chi connectivity index (χ3v) is 3.06. The number of hydrogen-bond donors (Lipinski definition) is 2. The molecule has 90 valence electrons. The number of aliphatic hydroxyl groups is 1. The van der Waals surface area contributed by atoms with Gasteiger partial charge in [0.2, 0.25) is 0 Å². The first-order valence-corrected chi connectivity index (χ1v) is 5.64. The molecular weight excluding hydrogens is 200 g/mol. The van der Waals surface area contributed by atoms with Crippen LogP contribution < -0.4 is 5.32 Å². The van der Waals surface area contributed by atoms with Crippen molar-refractivity contribution in [3.8, 4) is 0 Å². The van der Waals surface area contributed by atoms with Crippen molar-refractivity contribution in [3.63, 3.8) is 0 Å². The van der Waals surface area contributed by atoms with Crippen molar-refractivity contribution in [2.24, 2.45) is 0 Å². The summed E-state index contributed by atoms with van der Waals surface area (Å²) in [4.78, 5) is 2.13. The van der Waals surface area contributed by atoms with Gasteiger partial charge in [0, 0.05) is 0 Å². The van der Waals surface area contributed by atoms with Gasteiger partial charge >= 0.3 is 0 Å². The third-order valence-electron chi connectivity index (χ3n) is 3.06. The van der Waals surface area contributed by atoms with Gasteiger partial charge in [-0.1, -0.05) is 30.3 Å². The van der Waals surface area contributed by atoms with E-state index in [0.717, 1.165) is 18.5 Å². The molecule has 1 atom stereocenters. The molecule has 0 fully saturated rings. The molecule has 0 saturated heterocycles. The largest absolute Gasteiger partial charge is 0.394 e. The molecule has 1 aromatic rings. The Morgan fingerprint density at radius 2 is 1.88 bits per heavy atom. The predicted molar refractivity (Wildman–Crippen MR) is 67.4 cm³/mol. The molecule has 0 aliphatic rings. The highest BCUT2D eigenvalue weighted by atomic mass is 16.3. The van der Waals surface area contributed by atoms with Gasteiger partial charge in [0.15, 0.2) is 0 Å². The van der Waals surface area contributed by atoms with Gasteiger partial charge in [0.25, 0.3) is 0 Å². The van der Waals surface area contributed by atoms with Crippen molar-refractivity contribution >= 4 is 0 Å². The van der Waals surface area contributed by atoms with Crippen molar-refractivity contribution in [2.75, 3.05) is 34.3 Å². The molecule has 0 saturated carbocycles. The molecule has 0 aliphatic heterocycles. The first kappa shape index (κ1) is 13.2. The highest BCUT2D eigenvalue weighted by Gasteiger charge is 2.29. The smallest absolute Gasteiger partial charge is 0.0678 e. The first-order chi connectivity index (χ1) is 7.64. The zero-order valence-electron chi connectivity index (χ0n) is 10.4. The molecule has 1 unspecified atom stereocenters. The van der Waals surface area contributed by atoms with Gasteiger partial charge in [0.1, 0.15) is 0 Å². The zero-order valence-corrected chi connectivity index (χ0v) is 10.4. The molecular formula is C13H22N2O. The van der Waals surface area contributed by atoms with Crippen LogP contribution >= 0.6 is 0 Å². The number of hydrogen-bond acceptors (Lipinski definition) is 3. The monoisotopic (exact) mass is 222 g/mol. The van der Waals surface area contributed by atoms with Crippen LogP contribution in [0.1, 0.15) is 12.0 Å². The van der Waals surface area contributed by atoms with Gasteiger partial charge in [-0.15, -0.1) is 0 Å². The van der Waals surface area contributed by atoms with Gasteiger partial charge in [-0.05, 0) is 39.7 Å². The standard InChI is InChI=1S/C13H22N2O/c1-14-13(11-16,9-10-15(2)3)12-7-5-4-6-8-12/h4-8,14,16H,9-11H2,1-3H3. The lowest BCUT2D eigenvalue weighted by molar-refractivity contribution is 0.148. The van der Waals surface area contributed by atoms with Crippen LogP contribution in [0.3, 0.4) is 0 Å². The van der Waals surface area contributed by atoms with Crippen molar-refractivity contribution in [3.05, 3.63) is 35.9 Å². The minimum Gasteiger partial charge on any atom is -0.394 e. The summed E-state index contributed by atoms with van der Waals surface area (Å²) in [6.07, 6.45) is 0.886. The minimum absolute atomic E-state index is 0.112. The summed E-state index contributed by atoms with van der Waals surface area (Å²) in [6, 6.07) is 10.1. The highest BCUT2D eigenvalue weighted by molar-refractivity contribution is 5.24. The summed E-state index contributed by atoms with van der Waals surface area (Å²) in [6.45, 7) is 1.05. The summed E-state index contributed by atoms with van der Waals surface area (Å²) in [5.74, 6) is 0. The van der Waals surface area contributed by atoms with E-state index in [0.29, 0.717) is 0 Å². The lowest BCUT2D eigenvalue weighted by Crippen LogP contribution is -2.45. The van der Waals surface area contributed by atoms with Gasteiger partial charge in [-0.25, -0.2) is 0 Å². The zero-order chi connectivity index (χ0) is 12.0. The van der Waals surface area contributed by atoms with E-state index in [9.17, 15) is 5.11 Å². The second kappa shape index (κ2) is 5.99. The first-order valence-electron chi connectivity index (χ1n) is 5.64. The summed E-state index contributed by atoms with van der Waals surface area (Å²) in [7, 11) is 5.99. The Morgan fingerprint density at radius 1 is 1.25 bits per heavy atom. The quantitative estimate of drug-likeness (QED) is 0.755. The van der Waals surface area contributed by atoms with Crippen LogP contribution in [0.25, 0.3) is 0 Å². The van der Waals surface area contributed by atoms with Gasteiger partial charge in [-0.2, -0.15) is 0 Å². The second-order valence-corrected chi connectivity index (χ2v) is 4.41. The molecule has 0 bridgehead atoms. The van der Waals surface area contributed by atoms with E-state index in [4.69, 9.17) is 0 Å². The van der Waals surface area contributed by atoms with Crippen LogP contribution in [0, 0.1) is 0 Å². The molecule has 3 nitrogen and oxygen atoms in total. The molecule has 0 aliphatic carbocycles. The Balaban J connectivity index is 2.87. The van der Waals surface area contributed by atoms with Crippen LogP contribution in [0.15, 0.2) is 30.3 Å². The van der Waals surface area contributed by atoms with Crippen LogP contribution in [0.2, 0.25) is 0 Å². The summed E-state index contributed by atoms with van der Waals surface area (Å²) in [5, 5.41) is 12.9. The van der Waals surface area contributed by atoms with Gasteiger partial charge < -0.3 is 15.3 Å².